The first kappa shape index (κ1) is 29.9. The van der Waals surface area contributed by atoms with Crippen molar-refractivity contribution < 1.29 is 33.9 Å². The van der Waals surface area contributed by atoms with E-state index in [1.54, 1.807) is 24.3 Å². The van der Waals surface area contributed by atoms with Crippen molar-refractivity contribution in [3.63, 3.8) is 0 Å². The van der Waals surface area contributed by atoms with E-state index in [0.717, 1.165) is 11.1 Å². The predicted molar refractivity (Wildman–Crippen MR) is 162 cm³/mol. The van der Waals surface area contributed by atoms with Crippen LogP contribution in [-0.2, 0) is 27.4 Å². The smallest absolute Gasteiger partial charge is 0.234 e. The summed E-state index contributed by atoms with van der Waals surface area (Å²) in [5, 5.41) is 23.1. The van der Waals surface area contributed by atoms with Gasteiger partial charge in [-0.05, 0) is 35.4 Å². The number of halogens is 2. The molecule has 9 heteroatoms. The quantitative estimate of drug-likeness (QED) is 0.156. The summed E-state index contributed by atoms with van der Waals surface area (Å²) in [7, 11) is 0. The van der Waals surface area contributed by atoms with Crippen LogP contribution in [0.25, 0.3) is 0 Å². The zero-order valence-corrected chi connectivity index (χ0v) is 24.8. The standard InChI is InChI=1S/C34H32Cl2O7/c35-23-15-25(29(37)11-13-39-19-21-7-3-1-4-8-21)31-27(17-23)33-42-32-26(16-24(36)18-28(32)34(41-31)43-33)30(38)12-14-40-20-22-9-5-2-6-10-22/h1-10,15-18,29-30,33-34,37-38H,11-14,19-20H2. The van der Waals surface area contributed by atoms with E-state index in [1.807, 2.05) is 60.7 Å². The van der Waals surface area contributed by atoms with E-state index < -0.39 is 24.8 Å². The Bertz CT molecular complexity index is 1420. The number of hydrogen-bond acceptors (Lipinski definition) is 7. The van der Waals surface area contributed by atoms with Gasteiger partial charge in [-0.15, -0.1) is 0 Å². The van der Waals surface area contributed by atoms with Crippen molar-refractivity contribution in [1.82, 2.24) is 0 Å². The van der Waals surface area contributed by atoms with Crippen LogP contribution in [0.15, 0.2) is 84.9 Å². The third-order valence-corrected chi connectivity index (χ3v) is 7.88. The van der Waals surface area contributed by atoms with E-state index >= 15 is 0 Å². The minimum atomic E-state index is -0.894. The summed E-state index contributed by atoms with van der Waals surface area (Å²) in [6.07, 6.45) is -2.83. The van der Waals surface area contributed by atoms with E-state index in [4.69, 9.17) is 46.9 Å². The average Bonchev–Trinajstić information content (AvgIpc) is 3.02. The number of fused-ring (bicyclic) bond motifs is 6. The molecule has 0 spiro atoms. The molecule has 4 unspecified atom stereocenters. The molecule has 0 amide bonds. The van der Waals surface area contributed by atoms with Gasteiger partial charge in [0, 0.05) is 47.2 Å². The number of aliphatic hydroxyl groups excluding tert-OH is 2. The summed E-state index contributed by atoms with van der Waals surface area (Å²) < 4.78 is 30.3. The maximum Gasteiger partial charge on any atom is 0.234 e. The first-order valence-electron chi connectivity index (χ1n) is 14.2. The molecule has 224 valence electrons. The van der Waals surface area contributed by atoms with E-state index in [1.165, 1.54) is 0 Å². The van der Waals surface area contributed by atoms with Crippen molar-refractivity contribution in [3.05, 3.63) is 128 Å². The van der Waals surface area contributed by atoms with Crippen molar-refractivity contribution in [2.75, 3.05) is 13.2 Å². The highest BCUT2D eigenvalue weighted by Crippen LogP contribution is 2.53. The lowest BCUT2D eigenvalue weighted by molar-refractivity contribution is -0.228. The Balaban J connectivity index is 1.15. The van der Waals surface area contributed by atoms with Crippen molar-refractivity contribution in [2.24, 2.45) is 0 Å². The van der Waals surface area contributed by atoms with Crippen LogP contribution >= 0.6 is 23.2 Å². The minimum absolute atomic E-state index is 0.338. The third-order valence-electron chi connectivity index (χ3n) is 7.44. The van der Waals surface area contributed by atoms with Crippen LogP contribution < -0.4 is 9.47 Å². The molecule has 2 N–H and O–H groups in total. The summed E-state index contributed by atoms with van der Waals surface area (Å²) in [5.41, 5.74) is 4.27. The Morgan fingerprint density at radius 2 is 1.05 bits per heavy atom. The highest BCUT2D eigenvalue weighted by atomic mass is 35.5. The molecule has 0 aromatic heterocycles. The normalized spacial score (nSPS) is 18.1. The molecule has 43 heavy (non-hydrogen) atoms. The maximum absolute atomic E-state index is 11.1. The van der Waals surface area contributed by atoms with Crippen LogP contribution in [0, 0.1) is 0 Å². The SMILES string of the molecule is OC(CCOCc1ccccc1)c1cc(Cl)cc2c1OC1OC2Oc2c(C(O)CCOCc3ccccc3)cc(Cl)cc21. The number of rotatable bonds is 12. The first-order chi connectivity index (χ1) is 21.0. The third kappa shape index (κ3) is 7.00. The average molecular weight is 624 g/mol. The van der Waals surface area contributed by atoms with Gasteiger partial charge in [-0.3, -0.25) is 4.74 Å². The van der Waals surface area contributed by atoms with Gasteiger partial charge in [-0.2, -0.15) is 0 Å². The van der Waals surface area contributed by atoms with Crippen LogP contribution in [0.2, 0.25) is 10.0 Å². The topological polar surface area (TPSA) is 86.6 Å². The molecular formula is C34H32Cl2O7. The highest BCUT2D eigenvalue weighted by molar-refractivity contribution is 6.31. The zero-order chi connectivity index (χ0) is 29.8. The van der Waals surface area contributed by atoms with Gasteiger partial charge in [0.1, 0.15) is 11.5 Å². The number of benzene rings is 4. The molecule has 4 aromatic carbocycles. The monoisotopic (exact) mass is 622 g/mol. The summed E-state index contributed by atoms with van der Waals surface area (Å²) in [6.45, 7) is 1.58. The Morgan fingerprint density at radius 3 is 1.47 bits per heavy atom. The fourth-order valence-corrected chi connectivity index (χ4v) is 5.75. The van der Waals surface area contributed by atoms with Gasteiger partial charge in [0.15, 0.2) is 0 Å². The van der Waals surface area contributed by atoms with Gasteiger partial charge in [0.2, 0.25) is 12.6 Å². The predicted octanol–water partition coefficient (Wildman–Crippen LogP) is 7.77. The van der Waals surface area contributed by atoms with Gasteiger partial charge in [0.25, 0.3) is 0 Å². The van der Waals surface area contributed by atoms with Crippen molar-refractivity contribution in [2.45, 2.75) is 50.8 Å². The van der Waals surface area contributed by atoms with E-state index in [-0.39, 0.29) is 0 Å². The van der Waals surface area contributed by atoms with E-state index in [2.05, 4.69) is 0 Å². The highest BCUT2D eigenvalue weighted by Gasteiger charge is 2.41. The number of hydrogen-bond donors (Lipinski definition) is 2. The molecule has 2 aliphatic heterocycles. The van der Waals surface area contributed by atoms with E-state index in [9.17, 15) is 10.2 Å². The maximum atomic E-state index is 11.1. The fraction of sp³-hybridized carbons (Fsp3) is 0.294. The molecule has 0 radical (unpaired) electrons. The summed E-state index contributed by atoms with van der Waals surface area (Å²) in [4.78, 5) is 0. The Labute approximate surface area is 260 Å². The van der Waals surface area contributed by atoms with Gasteiger partial charge in [-0.1, -0.05) is 83.9 Å². The lowest BCUT2D eigenvalue weighted by Gasteiger charge is -2.40. The largest absolute Gasteiger partial charge is 0.459 e. The molecule has 0 aliphatic carbocycles. The molecule has 2 aliphatic rings. The Kier molecular flexibility index (Phi) is 9.50. The lowest BCUT2D eigenvalue weighted by atomic mass is 9.97. The molecule has 2 heterocycles. The lowest BCUT2D eigenvalue weighted by Crippen LogP contribution is -2.32. The van der Waals surface area contributed by atoms with Gasteiger partial charge in [-0.25, -0.2) is 0 Å². The first-order valence-corrected chi connectivity index (χ1v) is 15.0. The molecule has 4 aromatic rings. The van der Waals surface area contributed by atoms with Crippen molar-refractivity contribution >= 4 is 23.2 Å². The molecule has 4 atom stereocenters. The van der Waals surface area contributed by atoms with Crippen LogP contribution in [0.3, 0.4) is 0 Å². The molecule has 0 saturated heterocycles. The second kappa shape index (κ2) is 13.7. The molecule has 2 bridgehead atoms. The Morgan fingerprint density at radius 1 is 0.628 bits per heavy atom. The molecule has 7 nitrogen and oxygen atoms in total. The fourth-order valence-electron chi connectivity index (χ4n) is 5.28. The molecule has 0 saturated carbocycles. The minimum Gasteiger partial charge on any atom is -0.459 e. The Hall–Kier alpha value is -3.14. The molecule has 6 rings (SSSR count). The van der Waals surface area contributed by atoms with Crippen LogP contribution in [0.4, 0.5) is 0 Å². The van der Waals surface area contributed by atoms with Crippen molar-refractivity contribution in [1.29, 1.82) is 0 Å². The van der Waals surface area contributed by atoms with Gasteiger partial charge >= 0.3 is 0 Å². The molecule has 0 fully saturated rings. The molecular weight excluding hydrogens is 591 g/mol. The van der Waals surface area contributed by atoms with Crippen molar-refractivity contribution in [3.8, 4) is 11.5 Å². The van der Waals surface area contributed by atoms with Crippen LogP contribution in [-0.4, -0.2) is 23.4 Å². The number of aliphatic hydroxyl groups is 2. The van der Waals surface area contributed by atoms with Gasteiger partial charge in [0.05, 0.1) is 36.5 Å². The number of ether oxygens (including phenoxy) is 5. The summed E-state index contributed by atoms with van der Waals surface area (Å²) >= 11 is 13.0. The summed E-state index contributed by atoms with van der Waals surface area (Å²) in [5.74, 6) is 0.895. The second-order valence-electron chi connectivity index (χ2n) is 10.5. The zero-order valence-electron chi connectivity index (χ0n) is 23.3. The van der Waals surface area contributed by atoms with E-state index in [0.29, 0.717) is 83.1 Å². The second-order valence-corrected chi connectivity index (χ2v) is 11.4. The van der Waals surface area contributed by atoms with Crippen LogP contribution in [0.5, 0.6) is 11.5 Å². The van der Waals surface area contributed by atoms with Crippen LogP contribution in [0.1, 0.15) is 71.0 Å². The van der Waals surface area contributed by atoms with Gasteiger partial charge < -0.3 is 29.2 Å². The summed E-state index contributed by atoms with van der Waals surface area (Å²) in [6, 6.07) is 26.5.